The van der Waals surface area contributed by atoms with Crippen molar-refractivity contribution in [2.75, 3.05) is 20.2 Å². The maximum atomic E-state index is 10.3. The fourth-order valence-electron chi connectivity index (χ4n) is 4.77. The summed E-state index contributed by atoms with van der Waals surface area (Å²) in [6.07, 6.45) is 5.11. The summed E-state index contributed by atoms with van der Waals surface area (Å²) >= 11 is 0. The molecule has 1 aromatic carbocycles. The van der Waals surface area contributed by atoms with E-state index in [1.54, 1.807) is 13.2 Å². The van der Waals surface area contributed by atoms with Crippen molar-refractivity contribution in [1.29, 1.82) is 0 Å². The number of hydrogen-bond acceptors (Lipinski definition) is 2. The SMILES string of the molecule is CC[C@@H]1C[N+]2=C(C[C@@H]1/C(C)=C\OC)c1[nH]c3cccc(O)c3c1CC2. The summed E-state index contributed by atoms with van der Waals surface area (Å²) in [6.45, 7) is 6.62. The molecule has 0 saturated carbocycles. The first-order valence-electron chi connectivity index (χ1n) is 9.27. The molecule has 2 aliphatic rings. The third kappa shape index (κ3) is 2.55. The number of fused-ring (bicyclic) bond motifs is 4. The van der Waals surface area contributed by atoms with Gasteiger partial charge in [-0.15, -0.1) is 0 Å². The van der Waals surface area contributed by atoms with Gasteiger partial charge < -0.3 is 14.8 Å². The zero-order chi connectivity index (χ0) is 17.6. The highest BCUT2D eigenvalue weighted by Crippen LogP contribution is 2.38. The topological polar surface area (TPSA) is 48.3 Å². The smallest absolute Gasteiger partial charge is 0.200 e. The highest BCUT2D eigenvalue weighted by molar-refractivity contribution is 6.05. The number of methoxy groups -OCH3 is 1. The van der Waals surface area contributed by atoms with Crippen molar-refractivity contribution in [2.45, 2.75) is 33.1 Å². The van der Waals surface area contributed by atoms with Crippen molar-refractivity contribution in [1.82, 2.24) is 4.98 Å². The standard InChI is InChI=1S/C21H26N2O2/c1-4-14-11-23-9-8-15-20-17(6-5-7-19(20)24)22-21(15)18(23)10-16(14)13(2)12-25-3/h5-7,12,14,16H,4,8-11H2,1-3H3,(H,22,24)/p+1/b13-12-/t14-,16-/m1/s1. The van der Waals surface area contributed by atoms with Gasteiger partial charge in [-0.3, -0.25) is 0 Å². The molecule has 25 heavy (non-hydrogen) atoms. The lowest BCUT2D eigenvalue weighted by atomic mass is 9.77. The molecule has 2 N–H and O–H groups in total. The van der Waals surface area contributed by atoms with Gasteiger partial charge in [-0.1, -0.05) is 13.0 Å². The van der Waals surface area contributed by atoms with Gasteiger partial charge in [0.2, 0.25) is 5.71 Å². The molecule has 0 unspecified atom stereocenters. The van der Waals surface area contributed by atoms with Crippen LogP contribution in [-0.4, -0.2) is 40.6 Å². The molecule has 3 heterocycles. The van der Waals surface area contributed by atoms with Crippen molar-refractivity contribution < 1.29 is 14.4 Å². The van der Waals surface area contributed by atoms with E-state index in [-0.39, 0.29) is 0 Å². The molecule has 1 aromatic heterocycles. The molecule has 132 valence electrons. The average molecular weight is 339 g/mol. The second kappa shape index (κ2) is 6.25. The number of benzene rings is 1. The van der Waals surface area contributed by atoms with Crippen LogP contribution < -0.4 is 0 Å². The van der Waals surface area contributed by atoms with E-state index in [1.807, 2.05) is 12.3 Å². The third-order valence-corrected chi connectivity index (χ3v) is 6.06. The monoisotopic (exact) mass is 339 g/mol. The molecule has 0 aliphatic carbocycles. The zero-order valence-corrected chi connectivity index (χ0v) is 15.3. The lowest BCUT2D eigenvalue weighted by molar-refractivity contribution is -0.543. The minimum absolute atomic E-state index is 0.387. The maximum Gasteiger partial charge on any atom is 0.200 e. The summed E-state index contributed by atoms with van der Waals surface area (Å²) in [5.74, 6) is 1.56. The zero-order valence-electron chi connectivity index (χ0n) is 15.3. The predicted molar refractivity (Wildman–Crippen MR) is 100 cm³/mol. The molecule has 2 aromatic rings. The van der Waals surface area contributed by atoms with Gasteiger partial charge in [0.25, 0.3) is 0 Å². The molecule has 2 atom stereocenters. The molecule has 4 rings (SSSR count). The molecule has 0 radical (unpaired) electrons. The van der Waals surface area contributed by atoms with Crippen molar-refractivity contribution >= 4 is 16.6 Å². The minimum atomic E-state index is 0.387. The average Bonchev–Trinajstić information content (AvgIpc) is 3.01. The number of aromatic hydroxyl groups is 1. The van der Waals surface area contributed by atoms with Gasteiger partial charge in [0.1, 0.15) is 24.5 Å². The Morgan fingerprint density at radius 1 is 1.44 bits per heavy atom. The van der Waals surface area contributed by atoms with E-state index in [1.165, 1.54) is 29.0 Å². The van der Waals surface area contributed by atoms with Crippen LogP contribution in [0.1, 0.15) is 37.9 Å². The number of phenolic OH excluding ortho intramolecular Hbond substituents is 1. The summed E-state index contributed by atoms with van der Waals surface area (Å²) in [5, 5.41) is 11.3. The van der Waals surface area contributed by atoms with Crippen LogP contribution in [-0.2, 0) is 11.2 Å². The van der Waals surface area contributed by atoms with E-state index >= 15 is 0 Å². The van der Waals surface area contributed by atoms with Gasteiger partial charge in [-0.05, 0) is 31.1 Å². The second-order valence-electron chi connectivity index (χ2n) is 7.40. The predicted octanol–water partition coefficient (Wildman–Crippen LogP) is 3.83. The molecule has 0 saturated heterocycles. The first-order valence-corrected chi connectivity index (χ1v) is 9.27. The Balaban J connectivity index is 1.81. The molecule has 0 fully saturated rings. The number of H-pyrrole nitrogens is 1. The van der Waals surface area contributed by atoms with Crippen molar-refractivity contribution in [3.8, 4) is 5.75 Å². The molecule has 0 amide bonds. The Kier molecular flexibility index (Phi) is 4.06. The quantitative estimate of drug-likeness (QED) is 0.659. The van der Waals surface area contributed by atoms with Crippen LogP contribution in [0.15, 0.2) is 30.0 Å². The maximum absolute atomic E-state index is 10.3. The first-order chi connectivity index (χ1) is 12.1. The fourth-order valence-corrected chi connectivity index (χ4v) is 4.77. The largest absolute Gasteiger partial charge is 0.507 e. The molecular formula is C21H27N2O2+. The van der Waals surface area contributed by atoms with Crippen molar-refractivity contribution in [3.63, 3.8) is 0 Å². The molecule has 4 nitrogen and oxygen atoms in total. The van der Waals surface area contributed by atoms with Gasteiger partial charge in [0, 0.05) is 35.6 Å². The highest BCUT2D eigenvalue weighted by atomic mass is 16.5. The Morgan fingerprint density at radius 3 is 3.04 bits per heavy atom. The fraction of sp³-hybridized carbons (Fsp3) is 0.476. The van der Waals surface area contributed by atoms with Crippen LogP contribution >= 0.6 is 0 Å². The molecule has 2 aliphatic heterocycles. The number of hydrogen-bond donors (Lipinski definition) is 2. The van der Waals surface area contributed by atoms with Crippen LogP contribution in [0.5, 0.6) is 5.75 Å². The Bertz CT molecular complexity index is 875. The van der Waals surface area contributed by atoms with Crippen molar-refractivity contribution in [2.24, 2.45) is 11.8 Å². The number of aromatic amines is 1. The number of allylic oxidation sites excluding steroid dienone is 1. The summed E-state index contributed by atoms with van der Waals surface area (Å²) in [4.78, 5) is 3.59. The van der Waals surface area contributed by atoms with Gasteiger partial charge in [0.15, 0.2) is 0 Å². The Hall–Kier alpha value is -2.23. The summed E-state index contributed by atoms with van der Waals surface area (Å²) in [6, 6.07) is 5.75. The Morgan fingerprint density at radius 2 is 2.28 bits per heavy atom. The van der Waals surface area contributed by atoms with E-state index in [0.717, 1.165) is 36.8 Å². The lowest BCUT2D eigenvalue weighted by Crippen LogP contribution is -2.42. The summed E-state index contributed by atoms with van der Waals surface area (Å²) in [7, 11) is 1.73. The second-order valence-corrected chi connectivity index (χ2v) is 7.40. The summed E-state index contributed by atoms with van der Waals surface area (Å²) in [5.41, 5.74) is 6.27. The van der Waals surface area contributed by atoms with Crippen LogP contribution in [0, 0.1) is 11.8 Å². The summed E-state index contributed by atoms with van der Waals surface area (Å²) < 4.78 is 7.85. The first kappa shape index (κ1) is 16.2. The third-order valence-electron chi connectivity index (χ3n) is 6.06. The number of aromatic nitrogens is 1. The van der Waals surface area contributed by atoms with Gasteiger partial charge in [-0.25, -0.2) is 4.58 Å². The molecule has 4 heteroatoms. The van der Waals surface area contributed by atoms with Gasteiger partial charge in [-0.2, -0.15) is 0 Å². The normalized spacial score (nSPS) is 23.6. The van der Waals surface area contributed by atoms with Crippen LogP contribution in [0.4, 0.5) is 0 Å². The number of ether oxygens (including phenoxy) is 1. The number of phenols is 1. The lowest BCUT2D eigenvalue weighted by Gasteiger charge is -2.32. The number of rotatable bonds is 3. The van der Waals surface area contributed by atoms with Gasteiger partial charge >= 0.3 is 0 Å². The van der Waals surface area contributed by atoms with E-state index < -0.39 is 0 Å². The van der Waals surface area contributed by atoms with E-state index in [4.69, 9.17) is 4.74 Å². The van der Waals surface area contributed by atoms with Gasteiger partial charge in [0.05, 0.1) is 18.9 Å². The molecule has 0 spiro atoms. The number of nitrogens with one attached hydrogen (secondary N) is 1. The minimum Gasteiger partial charge on any atom is -0.507 e. The van der Waals surface area contributed by atoms with Crippen molar-refractivity contribution in [3.05, 3.63) is 41.3 Å². The Labute approximate surface area is 148 Å². The highest BCUT2D eigenvalue weighted by Gasteiger charge is 2.40. The van der Waals surface area contributed by atoms with E-state index in [2.05, 4.69) is 29.5 Å². The molecular weight excluding hydrogens is 312 g/mol. The molecule has 0 bridgehead atoms. The van der Waals surface area contributed by atoms with Crippen LogP contribution in [0.3, 0.4) is 0 Å². The number of nitrogens with zero attached hydrogens (tertiary/aromatic N) is 1. The van der Waals surface area contributed by atoms with Crippen LogP contribution in [0.25, 0.3) is 10.9 Å². The van der Waals surface area contributed by atoms with E-state index in [9.17, 15) is 5.11 Å². The van der Waals surface area contributed by atoms with Crippen LogP contribution in [0.2, 0.25) is 0 Å². The van der Waals surface area contributed by atoms with E-state index in [0.29, 0.717) is 17.6 Å².